The minimum absolute atomic E-state index is 0.139. The lowest BCUT2D eigenvalue weighted by Gasteiger charge is -2.19. The molecule has 0 N–H and O–H groups in total. The van der Waals surface area contributed by atoms with Crippen molar-refractivity contribution in [3.05, 3.63) is 194 Å². The standard InChI is InChI=1S/C56H49N5O/c1-55(2,3)35-38-29-30-57-53(31-38)61-50-33-43(27-28-46(50)47-36-58-52(34-51(47)61)56(4,5)6)62-42-22-15-21-41(32-42)59-37-60(49-26-14-13-25-48(49)59)54-44(39-17-9-7-10-18-39)23-16-24-45(54)40-19-11-8-12-20-40/h7-34,36H,35H2,1-6H3/i7D,8D,9D,10D,11D,12D,17D,18D,19D,20D,35D2. The Labute approximate surface area is 380 Å². The van der Waals surface area contributed by atoms with Crippen molar-refractivity contribution in [2.75, 3.05) is 0 Å². The number of ether oxygens (including phenoxy) is 1. The van der Waals surface area contributed by atoms with Gasteiger partial charge >= 0.3 is 0 Å². The first-order valence-electron chi connectivity index (χ1n) is 26.3. The molecule has 6 nitrogen and oxygen atoms in total. The molecular formula is C56H49N5O. The Balaban J connectivity index is 1.14. The molecule has 62 heavy (non-hydrogen) atoms. The second kappa shape index (κ2) is 15.3. The number of imidazole rings is 1. The van der Waals surface area contributed by atoms with Gasteiger partial charge < -0.3 is 4.74 Å². The SMILES string of the molecule is [2H]c1c([2H])c([2H])c(-c2cccc(-c3c([2H])c([2H])c([2H])c([2H])c3[2H])c2-[n+]2[c-]n(-c3cccc(Oc4ccc5c6cnc(C(C)(C)C)cc6n(-c6cc(C([2H])([2H])C(C)(C)C)ccn6)c5c4)c3)c3ccccc32)c([2H])c1[2H]. The van der Waals surface area contributed by atoms with Gasteiger partial charge in [-0.25, -0.2) is 4.98 Å². The normalized spacial score (nSPS) is 15.1. The summed E-state index contributed by atoms with van der Waals surface area (Å²) in [6.45, 7) is 11.9. The lowest BCUT2D eigenvalue weighted by Crippen LogP contribution is -2.31. The molecular weight excluding hydrogens is 759 g/mol. The van der Waals surface area contributed by atoms with Crippen LogP contribution in [0, 0.1) is 11.7 Å². The van der Waals surface area contributed by atoms with E-state index < -0.39 is 72.2 Å². The van der Waals surface area contributed by atoms with Gasteiger partial charge in [-0.3, -0.25) is 18.7 Å². The van der Waals surface area contributed by atoms with Gasteiger partial charge in [0.15, 0.2) is 0 Å². The highest BCUT2D eigenvalue weighted by molar-refractivity contribution is 6.09. The third-order valence-corrected chi connectivity index (χ3v) is 10.6. The van der Waals surface area contributed by atoms with E-state index in [0.29, 0.717) is 39.6 Å². The van der Waals surface area contributed by atoms with Crippen LogP contribution < -0.4 is 9.30 Å². The fraction of sp³-hybridized carbons (Fsp3) is 0.161. The number of aromatic nitrogens is 5. The van der Waals surface area contributed by atoms with Crippen LogP contribution in [0.1, 0.15) is 69.2 Å². The van der Waals surface area contributed by atoms with Crippen LogP contribution in [0.3, 0.4) is 0 Å². The molecule has 0 aliphatic carbocycles. The van der Waals surface area contributed by atoms with Crippen LogP contribution in [0.25, 0.3) is 72.3 Å². The Morgan fingerprint density at radius 3 is 2.05 bits per heavy atom. The molecule has 0 fully saturated rings. The van der Waals surface area contributed by atoms with Crippen molar-refractivity contribution in [2.45, 2.75) is 53.3 Å². The molecule has 0 saturated carbocycles. The second-order valence-electron chi connectivity index (χ2n) is 17.2. The smallest absolute Gasteiger partial charge is 0.269 e. The van der Waals surface area contributed by atoms with Crippen molar-refractivity contribution >= 4 is 32.8 Å². The topological polar surface area (TPSA) is 48.8 Å². The van der Waals surface area contributed by atoms with E-state index in [4.69, 9.17) is 31.2 Å². The van der Waals surface area contributed by atoms with Crippen LogP contribution >= 0.6 is 0 Å². The van der Waals surface area contributed by atoms with Crippen LogP contribution in [0.4, 0.5) is 0 Å². The lowest BCUT2D eigenvalue weighted by atomic mass is 9.88. The molecule has 0 spiro atoms. The van der Waals surface area contributed by atoms with Gasteiger partial charge in [0.2, 0.25) is 0 Å². The molecule has 6 heteroatoms. The van der Waals surface area contributed by atoms with E-state index in [1.807, 2.05) is 92.2 Å². The van der Waals surface area contributed by atoms with Gasteiger partial charge in [0, 0.05) is 43.1 Å². The Bertz CT molecular complexity index is 3820. The summed E-state index contributed by atoms with van der Waals surface area (Å²) in [5, 5.41) is 1.78. The molecule has 0 saturated heterocycles. The monoisotopic (exact) mass is 819 g/mol. The number of benzene rings is 6. The maximum atomic E-state index is 9.10. The molecule has 10 rings (SSSR count). The van der Waals surface area contributed by atoms with Gasteiger partial charge in [-0.15, -0.1) is 0 Å². The second-order valence-corrected chi connectivity index (χ2v) is 17.2. The average molecular weight is 820 g/mol. The van der Waals surface area contributed by atoms with Gasteiger partial charge in [0.25, 0.3) is 6.33 Å². The Hall–Kier alpha value is -7.31. The van der Waals surface area contributed by atoms with Crippen LogP contribution in [0.15, 0.2) is 176 Å². The molecule has 0 aliphatic heterocycles. The first-order valence-corrected chi connectivity index (χ1v) is 20.3. The van der Waals surface area contributed by atoms with Crippen molar-refractivity contribution in [1.29, 1.82) is 0 Å². The summed E-state index contributed by atoms with van der Waals surface area (Å²) in [7, 11) is 0. The molecule has 0 unspecified atom stereocenters. The van der Waals surface area contributed by atoms with Crippen LogP contribution in [0.2, 0.25) is 0 Å². The predicted molar refractivity (Wildman–Crippen MR) is 253 cm³/mol. The zero-order chi connectivity index (χ0) is 53.1. The number of nitrogens with zero attached hydrogens (tertiary/aromatic N) is 5. The van der Waals surface area contributed by atoms with E-state index in [1.54, 1.807) is 51.7 Å². The first kappa shape index (κ1) is 27.5. The number of pyridine rings is 2. The minimum Gasteiger partial charge on any atom is -0.458 e. The van der Waals surface area contributed by atoms with Crippen LogP contribution in [-0.2, 0) is 11.8 Å². The summed E-state index contributed by atoms with van der Waals surface area (Å²) in [6, 6.07) is 25.4. The first-order chi connectivity index (χ1) is 34.9. The maximum Gasteiger partial charge on any atom is 0.269 e. The number of rotatable bonds is 8. The fourth-order valence-electron chi connectivity index (χ4n) is 7.86. The summed E-state index contributed by atoms with van der Waals surface area (Å²) in [4.78, 5) is 9.66. The number of hydrogen-bond acceptors (Lipinski definition) is 3. The Morgan fingerprint density at radius 1 is 0.661 bits per heavy atom. The summed E-state index contributed by atoms with van der Waals surface area (Å²) in [5.74, 6) is 1.49. The van der Waals surface area contributed by atoms with Gasteiger partial charge in [0.05, 0.1) is 47.1 Å². The van der Waals surface area contributed by atoms with Gasteiger partial charge in [0.1, 0.15) is 17.3 Å². The van der Waals surface area contributed by atoms with Gasteiger partial charge in [-0.05, 0) is 88.1 Å². The summed E-state index contributed by atoms with van der Waals surface area (Å²) >= 11 is 0. The van der Waals surface area contributed by atoms with Crippen molar-refractivity contribution in [2.24, 2.45) is 5.41 Å². The van der Waals surface area contributed by atoms with E-state index in [1.165, 1.54) is 0 Å². The molecule has 4 heterocycles. The van der Waals surface area contributed by atoms with E-state index in [0.717, 1.165) is 27.5 Å². The van der Waals surface area contributed by atoms with E-state index >= 15 is 0 Å². The summed E-state index contributed by atoms with van der Waals surface area (Å²) < 4.78 is 117. The third-order valence-electron chi connectivity index (χ3n) is 10.6. The van der Waals surface area contributed by atoms with Crippen molar-refractivity contribution in [3.8, 4) is 50.9 Å². The highest BCUT2D eigenvalue weighted by Crippen LogP contribution is 2.38. The van der Waals surface area contributed by atoms with E-state index in [-0.39, 0.29) is 33.4 Å². The zero-order valence-corrected chi connectivity index (χ0v) is 35.1. The van der Waals surface area contributed by atoms with Gasteiger partial charge in [-0.2, -0.15) is 0 Å². The number of fused-ring (bicyclic) bond motifs is 4. The van der Waals surface area contributed by atoms with E-state index in [2.05, 4.69) is 33.2 Å². The van der Waals surface area contributed by atoms with Crippen molar-refractivity contribution in [1.82, 2.24) is 19.1 Å². The fourth-order valence-corrected chi connectivity index (χ4v) is 7.86. The lowest BCUT2D eigenvalue weighted by molar-refractivity contribution is -0.571. The minimum atomic E-state index is -1.68. The molecule has 6 aromatic carbocycles. The zero-order valence-electron chi connectivity index (χ0n) is 47.1. The number of para-hydroxylation sites is 3. The van der Waals surface area contributed by atoms with Crippen molar-refractivity contribution in [3.63, 3.8) is 0 Å². The van der Waals surface area contributed by atoms with Gasteiger partial charge in [-0.1, -0.05) is 150 Å². The quantitative estimate of drug-likeness (QED) is 0.113. The number of hydrogen-bond donors (Lipinski definition) is 0. The average Bonchev–Trinajstić information content (AvgIpc) is 3.93. The molecule has 0 radical (unpaired) electrons. The van der Waals surface area contributed by atoms with Crippen molar-refractivity contribution < 1.29 is 25.8 Å². The Kier molecular flexibility index (Phi) is 6.79. The molecule has 4 aromatic heterocycles. The predicted octanol–water partition coefficient (Wildman–Crippen LogP) is 13.6. The third kappa shape index (κ3) is 7.32. The molecule has 0 bridgehead atoms. The molecule has 0 aliphatic rings. The molecule has 0 amide bonds. The van der Waals surface area contributed by atoms with Crippen LogP contribution in [0.5, 0.6) is 11.5 Å². The highest BCUT2D eigenvalue weighted by Gasteiger charge is 2.23. The Morgan fingerprint density at radius 2 is 1.34 bits per heavy atom. The summed E-state index contributed by atoms with van der Waals surface area (Å²) in [5.41, 5.74) is 3.90. The highest BCUT2D eigenvalue weighted by atomic mass is 16.5. The van der Waals surface area contributed by atoms with Crippen LogP contribution in [-0.4, -0.2) is 19.1 Å². The maximum absolute atomic E-state index is 9.10. The largest absolute Gasteiger partial charge is 0.458 e. The van der Waals surface area contributed by atoms with E-state index in [9.17, 15) is 0 Å². The molecule has 10 aromatic rings. The molecule has 304 valence electrons. The summed E-state index contributed by atoms with van der Waals surface area (Å²) in [6.07, 6.45) is 5.26. The molecule has 0 atom stereocenters.